The summed E-state index contributed by atoms with van der Waals surface area (Å²) in [5, 5.41) is 0. The molecule has 0 heterocycles. The Kier molecular flexibility index (Phi) is 6.89. The Bertz CT molecular complexity index is 317. The molecule has 84 valence electrons. The van der Waals surface area contributed by atoms with E-state index in [4.69, 9.17) is 30.1 Å². The van der Waals surface area contributed by atoms with E-state index in [1.807, 2.05) is 0 Å². The maximum atomic E-state index is 12.0. The summed E-state index contributed by atoms with van der Waals surface area (Å²) in [5.41, 5.74) is 0. The van der Waals surface area contributed by atoms with Crippen LogP contribution in [-0.4, -0.2) is 11.4 Å². The van der Waals surface area contributed by atoms with Crippen LogP contribution in [0.1, 0.15) is 0 Å². The van der Waals surface area contributed by atoms with Crippen LogP contribution in [0, 0.1) is 29.1 Å². The Morgan fingerprint density at radius 3 is 1.27 bits per heavy atom. The molecule has 1 aromatic carbocycles. The van der Waals surface area contributed by atoms with Gasteiger partial charge in [0.25, 0.3) is 0 Å². The standard InChI is InChI=1S/C6HF5.Al.3ClH/c7-2-1-3(8)5(10)6(11)4(2)9;;;;/h1H;;3*1H/q;+3;;;/p-3. The monoisotopic (exact) mass is 300 g/mol. The fourth-order valence-corrected chi connectivity index (χ4v) is 0.544. The summed E-state index contributed by atoms with van der Waals surface area (Å²) >= 11 is -1.72. The van der Waals surface area contributed by atoms with Crippen LogP contribution in [0.4, 0.5) is 22.0 Å². The van der Waals surface area contributed by atoms with Gasteiger partial charge in [-0.05, 0) is 0 Å². The van der Waals surface area contributed by atoms with Gasteiger partial charge in [-0.25, -0.2) is 52.1 Å². The van der Waals surface area contributed by atoms with E-state index in [2.05, 4.69) is 0 Å². The van der Waals surface area contributed by atoms with Crippen LogP contribution in [0.25, 0.3) is 0 Å². The third kappa shape index (κ3) is 5.23. The molecule has 15 heavy (non-hydrogen) atoms. The van der Waals surface area contributed by atoms with Crippen LogP contribution < -0.4 is 0 Å². The Morgan fingerprint density at radius 1 is 0.733 bits per heavy atom. The van der Waals surface area contributed by atoms with E-state index in [9.17, 15) is 22.0 Å². The Hall–Kier alpha value is 0.272. The van der Waals surface area contributed by atoms with E-state index in [0.717, 1.165) is 0 Å². The van der Waals surface area contributed by atoms with Crippen LogP contribution in [0.2, 0.25) is 0 Å². The summed E-state index contributed by atoms with van der Waals surface area (Å²) in [7, 11) is 14.8. The first-order valence-electron chi connectivity index (χ1n) is 3.18. The highest BCUT2D eigenvalue weighted by Gasteiger charge is 2.18. The average Bonchev–Trinajstić information content (AvgIpc) is 2.11. The van der Waals surface area contributed by atoms with Gasteiger partial charge in [-0.3, -0.25) is 0 Å². The van der Waals surface area contributed by atoms with Crippen molar-refractivity contribution in [2.75, 3.05) is 0 Å². The molecule has 0 saturated carbocycles. The molecule has 1 rings (SSSR count). The molecular weight excluding hydrogens is 300 g/mol. The van der Waals surface area contributed by atoms with Crippen LogP contribution in [0.5, 0.6) is 0 Å². The van der Waals surface area contributed by atoms with Crippen LogP contribution in [0.15, 0.2) is 6.07 Å². The van der Waals surface area contributed by atoms with E-state index in [1.165, 1.54) is 0 Å². The van der Waals surface area contributed by atoms with E-state index in [1.54, 1.807) is 0 Å². The van der Waals surface area contributed by atoms with Crippen molar-refractivity contribution in [3.63, 3.8) is 0 Å². The fraction of sp³-hybridized carbons (Fsp3) is 0. The first-order valence-corrected chi connectivity index (χ1v) is 8.41. The maximum absolute atomic E-state index is 12.0. The molecule has 0 nitrogen and oxygen atoms in total. The van der Waals surface area contributed by atoms with Crippen molar-refractivity contribution in [2.24, 2.45) is 0 Å². The van der Waals surface area contributed by atoms with Crippen molar-refractivity contribution < 1.29 is 22.0 Å². The summed E-state index contributed by atoms with van der Waals surface area (Å²) in [6, 6.07) is -0.0618. The second kappa shape index (κ2) is 6.77. The molecule has 0 spiro atoms. The summed E-state index contributed by atoms with van der Waals surface area (Å²) in [5.74, 6) is -9.65. The lowest BCUT2D eigenvalue weighted by Crippen LogP contribution is -1.98. The van der Waals surface area contributed by atoms with Crippen molar-refractivity contribution in [3.8, 4) is 0 Å². The molecule has 0 unspecified atom stereocenters. The zero-order valence-corrected chi connectivity index (χ0v) is 10.1. The number of rotatable bonds is 0. The third-order valence-electron chi connectivity index (χ3n) is 1.06. The molecule has 0 radical (unpaired) electrons. The molecular formula is C6HAlCl3F5. The maximum Gasteiger partial charge on any atom is 0.643 e. The molecule has 0 atom stereocenters. The minimum Gasteiger partial charge on any atom is -0.214 e. The Balaban J connectivity index is 0.000000423. The highest BCUT2D eigenvalue weighted by atomic mass is 35.8. The van der Waals surface area contributed by atoms with E-state index < -0.39 is 40.5 Å². The molecule has 0 aliphatic rings. The number of halogens is 8. The van der Waals surface area contributed by atoms with Gasteiger partial charge in [0.2, 0.25) is 5.82 Å². The molecule has 0 aromatic heterocycles. The largest absolute Gasteiger partial charge is 0.643 e. The van der Waals surface area contributed by atoms with E-state index in [0.29, 0.717) is 0 Å². The number of hydrogen-bond donors (Lipinski definition) is 0. The van der Waals surface area contributed by atoms with Crippen molar-refractivity contribution in [2.45, 2.75) is 0 Å². The quantitative estimate of drug-likeness (QED) is 0.293. The van der Waals surface area contributed by atoms with Gasteiger partial charge in [0, 0.05) is 6.07 Å². The highest BCUT2D eigenvalue weighted by Crippen LogP contribution is 2.16. The lowest BCUT2D eigenvalue weighted by Gasteiger charge is -1.96. The normalized spacial score (nSPS) is 9.33. The van der Waals surface area contributed by atoms with Crippen LogP contribution in [-0.2, 0) is 0 Å². The SMILES string of the molecule is Fc1cc(F)c(F)c(F)c1F.[Cl][Al]([Cl])[Cl]. The van der Waals surface area contributed by atoms with Crippen molar-refractivity contribution in [1.82, 2.24) is 0 Å². The van der Waals surface area contributed by atoms with Gasteiger partial charge in [-0.2, -0.15) is 0 Å². The summed E-state index contributed by atoms with van der Waals surface area (Å²) in [4.78, 5) is 0. The minimum atomic E-state index is -2.14. The second-order valence-electron chi connectivity index (χ2n) is 2.03. The molecule has 9 heteroatoms. The summed E-state index contributed by atoms with van der Waals surface area (Å²) in [6.45, 7) is 0. The predicted molar refractivity (Wildman–Crippen MR) is 49.5 cm³/mol. The van der Waals surface area contributed by atoms with Gasteiger partial charge in [-0.1, -0.05) is 0 Å². The van der Waals surface area contributed by atoms with Gasteiger partial charge < -0.3 is 0 Å². The molecule has 0 bridgehead atoms. The van der Waals surface area contributed by atoms with Crippen LogP contribution in [0.3, 0.4) is 0 Å². The summed E-state index contributed by atoms with van der Waals surface area (Å²) in [6.07, 6.45) is 0. The number of benzene rings is 1. The van der Waals surface area contributed by atoms with E-state index >= 15 is 0 Å². The van der Waals surface area contributed by atoms with Gasteiger partial charge in [0.1, 0.15) is 0 Å². The first kappa shape index (κ1) is 15.3. The van der Waals surface area contributed by atoms with Gasteiger partial charge in [0.15, 0.2) is 23.3 Å². The topological polar surface area (TPSA) is 0 Å². The fourth-order valence-electron chi connectivity index (χ4n) is 0.544. The Labute approximate surface area is 98.5 Å². The molecule has 0 N–H and O–H groups in total. The lowest BCUT2D eigenvalue weighted by molar-refractivity contribution is 0.378. The smallest absolute Gasteiger partial charge is 0.214 e. The summed E-state index contributed by atoms with van der Waals surface area (Å²) < 4.78 is 60.0. The van der Waals surface area contributed by atoms with Crippen LogP contribution >= 0.6 is 30.1 Å². The molecule has 0 saturated heterocycles. The van der Waals surface area contributed by atoms with Gasteiger partial charge >= 0.3 is 11.4 Å². The number of hydrogen-bond acceptors (Lipinski definition) is 0. The zero-order chi connectivity index (χ0) is 12.2. The second-order valence-corrected chi connectivity index (χ2v) is 8.46. The van der Waals surface area contributed by atoms with Crippen molar-refractivity contribution in [1.29, 1.82) is 0 Å². The van der Waals surface area contributed by atoms with Crippen molar-refractivity contribution >= 4 is 41.5 Å². The van der Waals surface area contributed by atoms with Crippen molar-refractivity contribution in [3.05, 3.63) is 35.2 Å². The van der Waals surface area contributed by atoms with E-state index in [-0.39, 0.29) is 6.07 Å². The molecule has 0 fully saturated rings. The average molecular weight is 301 g/mol. The van der Waals surface area contributed by atoms with Gasteiger partial charge in [0.05, 0.1) is 0 Å². The molecule has 0 amide bonds. The minimum absolute atomic E-state index is 0.0618. The molecule has 1 aromatic rings. The molecule has 0 aliphatic heterocycles. The molecule has 0 aliphatic carbocycles. The van der Waals surface area contributed by atoms with Gasteiger partial charge in [-0.15, -0.1) is 0 Å². The highest BCUT2D eigenvalue weighted by molar-refractivity contribution is 7.54. The lowest BCUT2D eigenvalue weighted by atomic mass is 10.3. The third-order valence-corrected chi connectivity index (χ3v) is 1.06. The first-order chi connectivity index (χ1) is 6.77. The zero-order valence-electron chi connectivity index (χ0n) is 6.68. The predicted octanol–water partition coefficient (Wildman–Crippen LogP) is 4.07. The Morgan fingerprint density at radius 2 is 1.00 bits per heavy atom.